The van der Waals surface area contributed by atoms with E-state index in [0.29, 0.717) is 30.9 Å². The second-order valence-electron chi connectivity index (χ2n) is 7.90. The Morgan fingerprint density at radius 2 is 1.91 bits per heavy atom. The Bertz CT molecular complexity index is 937. The first-order valence-electron chi connectivity index (χ1n) is 10.5. The van der Waals surface area contributed by atoms with E-state index in [9.17, 15) is 14.4 Å². The Labute approximate surface area is 193 Å². The SMILES string of the molecule is CN(C)C/C=C/C(=O)N1CCCC(N=C(N)N/C(Nc2ccc(C=O)cc2)=C(\N)C(N)=O)C1. The highest BCUT2D eigenvalue weighted by Gasteiger charge is 2.22. The van der Waals surface area contributed by atoms with Crippen LogP contribution in [-0.2, 0) is 9.59 Å². The summed E-state index contributed by atoms with van der Waals surface area (Å²) < 4.78 is 0. The lowest BCUT2D eigenvalue weighted by atomic mass is 10.1. The zero-order valence-electron chi connectivity index (χ0n) is 19.0. The first kappa shape index (κ1) is 25.4. The average Bonchev–Trinajstić information content (AvgIpc) is 2.78. The van der Waals surface area contributed by atoms with Crippen LogP contribution in [0.15, 0.2) is 52.9 Å². The molecule has 1 saturated heterocycles. The number of guanidine groups is 1. The Kier molecular flexibility index (Phi) is 9.43. The zero-order valence-corrected chi connectivity index (χ0v) is 19.0. The lowest BCUT2D eigenvalue weighted by Crippen LogP contribution is -2.43. The van der Waals surface area contributed by atoms with Crippen molar-refractivity contribution in [2.45, 2.75) is 18.9 Å². The summed E-state index contributed by atoms with van der Waals surface area (Å²) >= 11 is 0. The van der Waals surface area contributed by atoms with E-state index in [0.717, 1.165) is 19.1 Å². The fourth-order valence-corrected chi connectivity index (χ4v) is 3.17. The van der Waals surface area contributed by atoms with Crippen molar-refractivity contribution in [2.24, 2.45) is 22.2 Å². The molecule has 1 fully saturated rings. The molecular weight excluding hydrogens is 424 g/mol. The highest BCUT2D eigenvalue weighted by atomic mass is 16.2. The van der Waals surface area contributed by atoms with E-state index in [1.165, 1.54) is 0 Å². The fourth-order valence-electron chi connectivity index (χ4n) is 3.17. The number of hydrogen-bond acceptors (Lipinski definition) is 7. The molecule has 178 valence electrons. The van der Waals surface area contributed by atoms with E-state index in [4.69, 9.17) is 17.2 Å². The number of aldehydes is 1. The fraction of sp³-hybridized carbons (Fsp3) is 0.364. The van der Waals surface area contributed by atoms with Crippen LogP contribution in [0.3, 0.4) is 0 Å². The number of piperidine rings is 1. The topological polar surface area (TPSA) is 172 Å². The second-order valence-corrected chi connectivity index (χ2v) is 7.90. The molecule has 11 nitrogen and oxygen atoms in total. The highest BCUT2D eigenvalue weighted by Crippen LogP contribution is 2.14. The van der Waals surface area contributed by atoms with Crippen LogP contribution in [0.25, 0.3) is 0 Å². The van der Waals surface area contributed by atoms with E-state index in [2.05, 4.69) is 15.6 Å². The van der Waals surface area contributed by atoms with Gasteiger partial charge >= 0.3 is 0 Å². The van der Waals surface area contributed by atoms with E-state index in [-0.39, 0.29) is 29.4 Å². The van der Waals surface area contributed by atoms with Crippen molar-refractivity contribution in [1.29, 1.82) is 0 Å². The summed E-state index contributed by atoms with van der Waals surface area (Å²) in [4.78, 5) is 43.0. The smallest absolute Gasteiger partial charge is 0.268 e. The Hall–Kier alpha value is -3.86. The molecule has 2 amide bonds. The van der Waals surface area contributed by atoms with Gasteiger partial charge in [-0.25, -0.2) is 4.99 Å². The number of anilines is 1. The monoisotopic (exact) mass is 456 g/mol. The molecule has 0 radical (unpaired) electrons. The van der Waals surface area contributed by atoms with E-state index < -0.39 is 5.91 Å². The van der Waals surface area contributed by atoms with Crippen LogP contribution < -0.4 is 27.8 Å². The molecule has 1 unspecified atom stereocenters. The summed E-state index contributed by atoms with van der Waals surface area (Å²) in [5, 5.41) is 5.72. The minimum absolute atomic E-state index is 0.0219. The van der Waals surface area contributed by atoms with Crippen molar-refractivity contribution >= 4 is 29.7 Å². The Morgan fingerprint density at radius 3 is 2.52 bits per heavy atom. The maximum atomic E-state index is 12.4. The molecule has 0 saturated carbocycles. The molecule has 0 aliphatic carbocycles. The number of nitrogens with one attached hydrogen (secondary N) is 2. The van der Waals surface area contributed by atoms with Crippen molar-refractivity contribution in [2.75, 3.05) is 39.0 Å². The molecule has 2 rings (SSSR count). The number of benzene rings is 1. The molecular formula is C22H32N8O3. The molecule has 1 aliphatic rings. The number of rotatable bonds is 9. The van der Waals surface area contributed by atoms with Gasteiger partial charge < -0.3 is 37.6 Å². The Morgan fingerprint density at radius 1 is 1.21 bits per heavy atom. The highest BCUT2D eigenvalue weighted by molar-refractivity contribution is 5.93. The number of carbonyl (C=O) groups is 3. The number of amides is 2. The van der Waals surface area contributed by atoms with Crippen LogP contribution in [0.2, 0.25) is 0 Å². The molecule has 1 atom stereocenters. The van der Waals surface area contributed by atoms with Crippen molar-refractivity contribution in [3.05, 3.63) is 53.5 Å². The maximum absolute atomic E-state index is 12.4. The molecule has 1 heterocycles. The Balaban J connectivity index is 2.08. The molecule has 0 aromatic heterocycles. The van der Waals surface area contributed by atoms with Gasteiger partial charge in [0.25, 0.3) is 5.91 Å². The molecule has 0 spiro atoms. The normalized spacial score (nSPS) is 17.6. The quantitative estimate of drug-likeness (QED) is 0.144. The van der Waals surface area contributed by atoms with Gasteiger partial charge in [0.1, 0.15) is 17.8 Å². The predicted molar refractivity (Wildman–Crippen MR) is 128 cm³/mol. The van der Waals surface area contributed by atoms with Crippen LogP contribution in [-0.4, -0.2) is 73.6 Å². The lowest BCUT2D eigenvalue weighted by molar-refractivity contribution is -0.127. The number of carbonyl (C=O) groups excluding carboxylic acids is 3. The third-order valence-electron chi connectivity index (χ3n) is 4.86. The molecule has 0 bridgehead atoms. The van der Waals surface area contributed by atoms with Gasteiger partial charge in [-0.3, -0.25) is 14.4 Å². The van der Waals surface area contributed by atoms with Gasteiger partial charge in [-0.2, -0.15) is 0 Å². The zero-order chi connectivity index (χ0) is 24.4. The summed E-state index contributed by atoms with van der Waals surface area (Å²) in [7, 11) is 3.86. The van der Waals surface area contributed by atoms with E-state index in [1.807, 2.05) is 25.1 Å². The van der Waals surface area contributed by atoms with Gasteiger partial charge in [0.05, 0.1) is 6.04 Å². The maximum Gasteiger partial charge on any atom is 0.268 e. The molecule has 1 aliphatic heterocycles. The summed E-state index contributed by atoms with van der Waals surface area (Å²) in [6.45, 7) is 1.76. The van der Waals surface area contributed by atoms with Crippen molar-refractivity contribution in [3.63, 3.8) is 0 Å². The first-order valence-corrected chi connectivity index (χ1v) is 10.5. The third-order valence-corrected chi connectivity index (χ3v) is 4.86. The summed E-state index contributed by atoms with van der Waals surface area (Å²) in [6, 6.07) is 6.28. The number of nitrogens with two attached hydrogens (primary N) is 3. The molecule has 11 heteroatoms. The number of hydrogen-bond donors (Lipinski definition) is 5. The molecule has 1 aromatic rings. The standard InChI is InChI=1S/C22H32N8O3/c1-29(2)11-4-6-18(32)30-12-3-5-17(13-30)27-22(25)28-21(19(23)20(24)33)26-16-9-7-15(14-31)8-10-16/h4,6-10,14,17,26H,3,5,11-13,23H2,1-2H3,(H2,24,33)(H3,25,27,28)/b6-4+,21-19-. The molecule has 8 N–H and O–H groups in total. The van der Waals surface area contributed by atoms with Crippen molar-refractivity contribution in [1.82, 2.24) is 15.1 Å². The molecule has 33 heavy (non-hydrogen) atoms. The van der Waals surface area contributed by atoms with Gasteiger partial charge in [0.15, 0.2) is 5.96 Å². The minimum Gasteiger partial charge on any atom is -0.391 e. The minimum atomic E-state index is -0.846. The van der Waals surface area contributed by atoms with Crippen LogP contribution in [0, 0.1) is 0 Å². The van der Waals surface area contributed by atoms with Crippen LogP contribution >= 0.6 is 0 Å². The van der Waals surface area contributed by atoms with Crippen molar-refractivity contribution in [3.8, 4) is 0 Å². The average molecular weight is 457 g/mol. The number of likely N-dealkylation sites (tertiary alicyclic amines) is 1. The van der Waals surface area contributed by atoms with Gasteiger partial charge in [-0.05, 0) is 51.2 Å². The van der Waals surface area contributed by atoms with Crippen LogP contribution in [0.4, 0.5) is 5.69 Å². The molecule has 1 aromatic carbocycles. The van der Waals surface area contributed by atoms with Gasteiger partial charge in [-0.15, -0.1) is 0 Å². The second kappa shape index (κ2) is 12.2. The van der Waals surface area contributed by atoms with Crippen LogP contribution in [0.5, 0.6) is 0 Å². The third kappa shape index (κ3) is 8.30. The number of likely N-dealkylation sites (N-methyl/N-ethyl adjacent to an activating group) is 1. The lowest BCUT2D eigenvalue weighted by Gasteiger charge is -2.30. The summed E-state index contributed by atoms with van der Waals surface area (Å²) in [5.41, 5.74) is 18.0. The van der Waals surface area contributed by atoms with Crippen molar-refractivity contribution < 1.29 is 14.4 Å². The van der Waals surface area contributed by atoms with Gasteiger partial charge in [0.2, 0.25) is 5.91 Å². The number of nitrogens with zero attached hydrogens (tertiary/aromatic N) is 3. The predicted octanol–water partition coefficient (Wildman–Crippen LogP) is -0.463. The first-order chi connectivity index (χ1) is 15.7. The van der Waals surface area contributed by atoms with E-state index >= 15 is 0 Å². The number of primary amides is 1. The van der Waals surface area contributed by atoms with Crippen LogP contribution in [0.1, 0.15) is 23.2 Å². The largest absolute Gasteiger partial charge is 0.391 e. The number of aliphatic imine (C=N–C) groups is 1. The van der Waals surface area contributed by atoms with Gasteiger partial charge in [-0.1, -0.05) is 6.08 Å². The summed E-state index contributed by atoms with van der Waals surface area (Å²) in [6.07, 6.45) is 5.67. The van der Waals surface area contributed by atoms with Gasteiger partial charge in [0, 0.05) is 37.0 Å². The summed E-state index contributed by atoms with van der Waals surface area (Å²) in [5.74, 6) is -0.824. The van der Waals surface area contributed by atoms with E-state index in [1.54, 1.807) is 35.2 Å².